The Bertz CT molecular complexity index is 597. The third kappa shape index (κ3) is 2.17. The zero-order valence-electron chi connectivity index (χ0n) is 9.99. The van der Waals surface area contributed by atoms with Gasteiger partial charge in [-0.1, -0.05) is 28.8 Å². The molecule has 94 valence electrons. The van der Waals surface area contributed by atoms with Crippen molar-refractivity contribution >= 4 is 33.0 Å². The Balaban J connectivity index is 1.99. The fourth-order valence-electron chi connectivity index (χ4n) is 2.53. The van der Waals surface area contributed by atoms with Crippen molar-refractivity contribution in [1.82, 2.24) is 4.98 Å². The number of H-pyrrole nitrogens is 1. The largest absolute Gasteiger partial charge is 0.494 e. The van der Waals surface area contributed by atoms with Gasteiger partial charge in [0.1, 0.15) is 0 Å². The highest BCUT2D eigenvalue weighted by molar-refractivity contribution is 9.10. The topological polar surface area (TPSA) is 48.4 Å². The van der Waals surface area contributed by atoms with E-state index in [1.165, 1.54) is 25.7 Å². The highest BCUT2D eigenvalue weighted by Crippen LogP contribution is 2.29. The molecule has 1 heterocycles. The van der Waals surface area contributed by atoms with Crippen molar-refractivity contribution in [2.75, 3.05) is 0 Å². The van der Waals surface area contributed by atoms with E-state index in [2.05, 4.69) is 25.9 Å². The lowest BCUT2D eigenvalue weighted by atomic mass is 10.2. The molecule has 0 radical (unpaired) electrons. The van der Waals surface area contributed by atoms with Gasteiger partial charge < -0.3 is 10.1 Å². The van der Waals surface area contributed by atoms with Crippen LogP contribution in [-0.2, 0) is 0 Å². The van der Waals surface area contributed by atoms with Crippen LogP contribution in [0.25, 0.3) is 10.9 Å². The molecular weight excluding hydrogens is 292 g/mol. The minimum atomic E-state index is 0.199. The van der Waals surface area contributed by atoms with Crippen LogP contribution in [0.2, 0.25) is 0 Å². The number of benzene rings is 1. The number of aromatic nitrogens is 1. The first kappa shape index (κ1) is 11.8. The summed E-state index contributed by atoms with van der Waals surface area (Å²) >= 11 is 3.45. The van der Waals surface area contributed by atoms with Crippen molar-refractivity contribution < 1.29 is 5.11 Å². The van der Waals surface area contributed by atoms with Gasteiger partial charge in [0.05, 0.1) is 5.56 Å². The second kappa shape index (κ2) is 4.76. The number of aliphatic imine (C=N–C) groups is 1. The molecule has 1 aromatic heterocycles. The number of nitrogens with one attached hydrogen (secondary N) is 1. The Morgan fingerprint density at radius 3 is 2.89 bits per heavy atom. The summed E-state index contributed by atoms with van der Waals surface area (Å²) in [6.07, 6.45) is 6.70. The average Bonchev–Trinajstić information content (AvgIpc) is 2.94. The summed E-state index contributed by atoms with van der Waals surface area (Å²) < 4.78 is 1.00. The van der Waals surface area contributed by atoms with Crippen molar-refractivity contribution in [1.29, 1.82) is 0 Å². The zero-order chi connectivity index (χ0) is 12.5. The van der Waals surface area contributed by atoms with Crippen LogP contribution in [0.3, 0.4) is 0 Å². The number of hydrogen-bond acceptors (Lipinski definition) is 2. The van der Waals surface area contributed by atoms with Crippen LogP contribution >= 0.6 is 15.9 Å². The molecule has 2 aromatic rings. The lowest BCUT2D eigenvalue weighted by Gasteiger charge is -2.00. The van der Waals surface area contributed by atoms with Gasteiger partial charge in [-0.3, -0.25) is 4.99 Å². The van der Waals surface area contributed by atoms with Gasteiger partial charge in [0.2, 0.25) is 0 Å². The lowest BCUT2D eigenvalue weighted by molar-refractivity contribution is 0.457. The Morgan fingerprint density at radius 2 is 2.11 bits per heavy atom. The maximum Gasteiger partial charge on any atom is 0.198 e. The molecular formula is C14H15BrN2O. The Kier molecular flexibility index (Phi) is 3.12. The number of halogens is 1. The van der Waals surface area contributed by atoms with Gasteiger partial charge in [0.25, 0.3) is 0 Å². The van der Waals surface area contributed by atoms with E-state index in [9.17, 15) is 5.11 Å². The van der Waals surface area contributed by atoms with E-state index < -0.39 is 0 Å². The highest BCUT2D eigenvalue weighted by atomic mass is 79.9. The van der Waals surface area contributed by atoms with Crippen LogP contribution in [0, 0.1) is 0 Å². The normalized spacial score (nSPS) is 17.2. The molecule has 1 aromatic carbocycles. The van der Waals surface area contributed by atoms with Crippen molar-refractivity contribution in [3.8, 4) is 5.88 Å². The number of rotatable bonds is 2. The van der Waals surface area contributed by atoms with E-state index in [1.807, 2.05) is 24.4 Å². The van der Waals surface area contributed by atoms with Crippen LogP contribution in [0.15, 0.2) is 27.7 Å². The summed E-state index contributed by atoms with van der Waals surface area (Å²) in [7, 11) is 0. The number of aromatic hydroxyl groups is 1. The predicted octanol–water partition coefficient (Wildman–Crippen LogP) is 4.00. The predicted molar refractivity (Wildman–Crippen MR) is 77.5 cm³/mol. The molecule has 0 aliphatic heterocycles. The van der Waals surface area contributed by atoms with Gasteiger partial charge in [0, 0.05) is 27.6 Å². The Labute approximate surface area is 114 Å². The zero-order valence-corrected chi connectivity index (χ0v) is 11.6. The molecule has 0 amide bonds. The quantitative estimate of drug-likeness (QED) is 0.810. The fourth-order valence-corrected chi connectivity index (χ4v) is 2.90. The molecule has 18 heavy (non-hydrogen) atoms. The lowest BCUT2D eigenvalue weighted by Crippen LogP contribution is -1.96. The molecule has 0 unspecified atom stereocenters. The highest BCUT2D eigenvalue weighted by Gasteiger charge is 2.14. The van der Waals surface area contributed by atoms with Crippen LogP contribution in [-0.4, -0.2) is 22.3 Å². The molecule has 2 N–H and O–H groups in total. The summed E-state index contributed by atoms with van der Waals surface area (Å²) in [4.78, 5) is 7.56. The van der Waals surface area contributed by atoms with Gasteiger partial charge in [-0.2, -0.15) is 0 Å². The second-order valence-electron chi connectivity index (χ2n) is 4.79. The number of nitrogens with zero attached hydrogens (tertiary/aromatic N) is 1. The van der Waals surface area contributed by atoms with E-state index in [1.54, 1.807) is 0 Å². The molecule has 3 rings (SSSR count). The molecule has 4 heteroatoms. The van der Waals surface area contributed by atoms with Crippen LogP contribution in [0.1, 0.15) is 31.2 Å². The molecule has 1 saturated carbocycles. The first-order chi connectivity index (χ1) is 8.74. The Hall–Kier alpha value is -1.29. The minimum Gasteiger partial charge on any atom is -0.494 e. The number of fused-ring (bicyclic) bond motifs is 1. The van der Waals surface area contributed by atoms with Crippen LogP contribution in [0.4, 0.5) is 0 Å². The molecule has 0 saturated heterocycles. The van der Waals surface area contributed by atoms with E-state index in [0.29, 0.717) is 6.04 Å². The SMILES string of the molecule is Oc1[nH]c2ccc(Br)cc2c1C=NC1CCCC1. The first-order valence-electron chi connectivity index (χ1n) is 6.27. The summed E-state index contributed by atoms with van der Waals surface area (Å²) in [5.41, 5.74) is 1.72. The van der Waals surface area contributed by atoms with Crippen LogP contribution < -0.4 is 0 Å². The van der Waals surface area contributed by atoms with Gasteiger partial charge in [-0.05, 0) is 31.0 Å². The van der Waals surface area contributed by atoms with E-state index in [-0.39, 0.29) is 5.88 Å². The van der Waals surface area contributed by atoms with Crippen molar-refractivity contribution in [2.45, 2.75) is 31.7 Å². The van der Waals surface area contributed by atoms with E-state index >= 15 is 0 Å². The molecule has 1 fully saturated rings. The molecule has 3 nitrogen and oxygen atoms in total. The monoisotopic (exact) mass is 306 g/mol. The third-order valence-corrected chi connectivity index (χ3v) is 4.01. The van der Waals surface area contributed by atoms with Crippen molar-refractivity contribution in [3.63, 3.8) is 0 Å². The fraction of sp³-hybridized carbons (Fsp3) is 0.357. The molecule has 0 bridgehead atoms. The van der Waals surface area contributed by atoms with E-state index in [4.69, 9.17) is 0 Å². The van der Waals surface area contributed by atoms with Crippen molar-refractivity contribution in [2.24, 2.45) is 4.99 Å². The number of hydrogen-bond donors (Lipinski definition) is 2. The van der Waals surface area contributed by atoms with Gasteiger partial charge >= 0.3 is 0 Å². The van der Waals surface area contributed by atoms with Crippen molar-refractivity contribution in [3.05, 3.63) is 28.2 Å². The smallest absolute Gasteiger partial charge is 0.198 e. The molecule has 1 aliphatic rings. The molecule has 1 aliphatic carbocycles. The summed E-state index contributed by atoms with van der Waals surface area (Å²) in [5, 5.41) is 10.9. The number of aromatic amines is 1. The van der Waals surface area contributed by atoms with Gasteiger partial charge in [0.15, 0.2) is 5.88 Å². The maximum absolute atomic E-state index is 9.94. The van der Waals surface area contributed by atoms with Crippen LogP contribution in [0.5, 0.6) is 5.88 Å². The van der Waals surface area contributed by atoms with Gasteiger partial charge in [-0.25, -0.2) is 0 Å². The summed E-state index contributed by atoms with van der Waals surface area (Å²) in [6.45, 7) is 0. The third-order valence-electron chi connectivity index (χ3n) is 3.52. The maximum atomic E-state index is 9.94. The van der Waals surface area contributed by atoms with Gasteiger partial charge in [-0.15, -0.1) is 0 Å². The first-order valence-corrected chi connectivity index (χ1v) is 7.07. The van der Waals surface area contributed by atoms with E-state index in [0.717, 1.165) is 20.9 Å². The second-order valence-corrected chi connectivity index (χ2v) is 5.71. The summed E-state index contributed by atoms with van der Waals surface area (Å²) in [6, 6.07) is 6.34. The summed E-state index contributed by atoms with van der Waals surface area (Å²) in [5.74, 6) is 0.199. The Morgan fingerprint density at radius 1 is 1.33 bits per heavy atom. The molecule has 0 spiro atoms. The average molecular weight is 307 g/mol. The molecule has 0 atom stereocenters. The standard InChI is InChI=1S/C14H15BrN2O/c15-9-5-6-13-11(7-9)12(14(18)17-13)8-16-10-3-1-2-4-10/h5-8,10,17-18H,1-4H2. The minimum absolute atomic E-state index is 0.199.